The SMILES string of the molecule is CCOC(=O)C1CCCN(c2ncnc(N3CCN(c4ccccc4)CC3)c2[N+](=O)[O-])C1. The fourth-order valence-electron chi connectivity index (χ4n) is 4.42. The van der Waals surface area contributed by atoms with Crippen LogP contribution in [0.3, 0.4) is 0 Å². The van der Waals surface area contributed by atoms with Crippen molar-refractivity contribution in [3.63, 3.8) is 0 Å². The Bertz CT molecular complexity index is 949. The van der Waals surface area contributed by atoms with Crippen molar-refractivity contribution in [1.29, 1.82) is 0 Å². The summed E-state index contributed by atoms with van der Waals surface area (Å²) in [6.07, 6.45) is 2.84. The molecule has 32 heavy (non-hydrogen) atoms. The first-order chi connectivity index (χ1) is 15.6. The number of esters is 1. The fourth-order valence-corrected chi connectivity index (χ4v) is 4.42. The van der Waals surface area contributed by atoms with Gasteiger partial charge in [-0.25, -0.2) is 9.97 Å². The first kappa shape index (κ1) is 21.8. The highest BCUT2D eigenvalue weighted by atomic mass is 16.6. The molecule has 4 rings (SSSR count). The molecule has 1 unspecified atom stereocenters. The average Bonchev–Trinajstić information content (AvgIpc) is 2.84. The van der Waals surface area contributed by atoms with E-state index in [9.17, 15) is 14.9 Å². The number of hydrogen-bond acceptors (Lipinski definition) is 9. The first-order valence-electron chi connectivity index (χ1n) is 11.0. The number of carbonyl (C=O) groups excluding carboxylic acids is 1. The van der Waals surface area contributed by atoms with Crippen molar-refractivity contribution in [2.24, 2.45) is 5.92 Å². The molecule has 2 saturated heterocycles. The zero-order valence-electron chi connectivity index (χ0n) is 18.2. The van der Waals surface area contributed by atoms with Gasteiger partial charge in [0.15, 0.2) is 0 Å². The van der Waals surface area contributed by atoms with Crippen molar-refractivity contribution in [3.05, 3.63) is 46.8 Å². The van der Waals surface area contributed by atoms with Crippen LogP contribution < -0.4 is 14.7 Å². The lowest BCUT2D eigenvalue weighted by Gasteiger charge is -2.37. The summed E-state index contributed by atoms with van der Waals surface area (Å²) in [4.78, 5) is 38.5. The molecular formula is C22H28N6O4. The van der Waals surface area contributed by atoms with Crippen LogP contribution >= 0.6 is 0 Å². The second-order valence-electron chi connectivity index (χ2n) is 7.97. The van der Waals surface area contributed by atoms with E-state index < -0.39 is 4.92 Å². The Hall–Kier alpha value is -3.43. The van der Waals surface area contributed by atoms with E-state index >= 15 is 0 Å². The summed E-state index contributed by atoms with van der Waals surface area (Å²) in [5.41, 5.74) is 1.05. The summed E-state index contributed by atoms with van der Waals surface area (Å²) < 4.78 is 5.16. The van der Waals surface area contributed by atoms with Gasteiger partial charge in [-0.2, -0.15) is 0 Å². The lowest BCUT2D eigenvalue weighted by molar-refractivity contribution is -0.383. The van der Waals surface area contributed by atoms with Gasteiger partial charge in [0.25, 0.3) is 0 Å². The van der Waals surface area contributed by atoms with Gasteiger partial charge in [-0.15, -0.1) is 0 Å². The molecule has 1 atom stereocenters. The molecule has 2 aromatic rings. The van der Waals surface area contributed by atoms with Crippen LogP contribution in [-0.4, -0.2) is 66.7 Å². The number of piperidine rings is 1. The molecule has 3 heterocycles. The van der Waals surface area contributed by atoms with E-state index in [2.05, 4.69) is 27.0 Å². The smallest absolute Gasteiger partial charge is 0.353 e. The number of piperazine rings is 1. The molecule has 0 radical (unpaired) electrons. The van der Waals surface area contributed by atoms with E-state index in [1.54, 1.807) is 6.92 Å². The van der Waals surface area contributed by atoms with E-state index in [0.717, 1.165) is 25.2 Å². The van der Waals surface area contributed by atoms with Gasteiger partial charge in [-0.05, 0) is 31.9 Å². The summed E-state index contributed by atoms with van der Waals surface area (Å²) in [5.74, 6) is 0.0489. The zero-order chi connectivity index (χ0) is 22.5. The number of benzene rings is 1. The van der Waals surface area contributed by atoms with Gasteiger partial charge in [0.2, 0.25) is 11.6 Å². The Balaban J connectivity index is 1.54. The largest absolute Gasteiger partial charge is 0.466 e. The van der Waals surface area contributed by atoms with Crippen molar-refractivity contribution < 1.29 is 14.5 Å². The third kappa shape index (κ3) is 4.58. The zero-order valence-corrected chi connectivity index (χ0v) is 18.2. The third-order valence-electron chi connectivity index (χ3n) is 6.01. The van der Waals surface area contributed by atoms with Crippen molar-refractivity contribution in [3.8, 4) is 0 Å². The molecule has 2 fully saturated rings. The predicted molar refractivity (Wildman–Crippen MR) is 121 cm³/mol. The summed E-state index contributed by atoms with van der Waals surface area (Å²) in [6.45, 7) is 5.80. The number of aromatic nitrogens is 2. The normalized spacial score (nSPS) is 19.0. The number of para-hydroxylation sites is 1. The topological polar surface area (TPSA) is 105 Å². The molecular weight excluding hydrogens is 412 g/mol. The number of hydrogen-bond donors (Lipinski definition) is 0. The average molecular weight is 441 g/mol. The molecule has 0 bridgehead atoms. The number of anilines is 3. The standard InChI is InChI=1S/C22H28N6O4/c1-2-32-22(29)17-7-6-10-27(15-17)21-19(28(30)31)20(23-16-24-21)26-13-11-25(12-14-26)18-8-4-3-5-9-18/h3-5,8-9,16-17H,2,6-7,10-15H2,1H3. The van der Waals surface area contributed by atoms with Gasteiger partial charge in [0.1, 0.15) is 6.33 Å². The summed E-state index contributed by atoms with van der Waals surface area (Å²) in [7, 11) is 0. The highest BCUT2D eigenvalue weighted by Crippen LogP contribution is 2.36. The maximum absolute atomic E-state index is 12.2. The minimum atomic E-state index is -0.401. The van der Waals surface area contributed by atoms with Crippen LogP contribution in [-0.2, 0) is 9.53 Å². The van der Waals surface area contributed by atoms with E-state index in [4.69, 9.17) is 4.74 Å². The van der Waals surface area contributed by atoms with Gasteiger partial charge in [0, 0.05) is 45.0 Å². The molecule has 1 aromatic carbocycles. The Labute approximate surface area is 187 Å². The molecule has 0 spiro atoms. The van der Waals surface area contributed by atoms with Crippen molar-refractivity contribution in [1.82, 2.24) is 9.97 Å². The highest BCUT2D eigenvalue weighted by molar-refractivity contribution is 5.75. The maximum Gasteiger partial charge on any atom is 0.353 e. The number of nitro groups is 1. The number of nitrogens with zero attached hydrogens (tertiary/aromatic N) is 6. The van der Waals surface area contributed by atoms with Crippen LogP contribution in [0.25, 0.3) is 0 Å². The Morgan fingerprint density at radius 1 is 1.06 bits per heavy atom. The van der Waals surface area contributed by atoms with Crippen LogP contribution in [0.15, 0.2) is 36.7 Å². The first-order valence-corrected chi connectivity index (χ1v) is 11.0. The Kier molecular flexibility index (Phi) is 6.67. The summed E-state index contributed by atoms with van der Waals surface area (Å²) in [6, 6.07) is 10.1. The number of ether oxygens (including phenoxy) is 1. The molecule has 0 amide bonds. The van der Waals surface area contributed by atoms with Crippen molar-refractivity contribution in [2.45, 2.75) is 19.8 Å². The van der Waals surface area contributed by atoms with Gasteiger partial charge in [-0.3, -0.25) is 14.9 Å². The predicted octanol–water partition coefficient (Wildman–Crippen LogP) is 2.49. The maximum atomic E-state index is 12.2. The third-order valence-corrected chi connectivity index (χ3v) is 6.01. The summed E-state index contributed by atoms with van der Waals surface area (Å²) >= 11 is 0. The van der Waals surface area contributed by atoms with E-state index in [0.29, 0.717) is 45.0 Å². The molecule has 0 saturated carbocycles. The minimum absolute atomic E-state index is 0.0924. The molecule has 1 aromatic heterocycles. The molecule has 170 valence electrons. The van der Waals surface area contributed by atoms with Crippen molar-refractivity contribution >= 4 is 29.0 Å². The quantitative estimate of drug-likeness (QED) is 0.380. The lowest BCUT2D eigenvalue weighted by atomic mass is 9.98. The molecule has 2 aliphatic heterocycles. The van der Waals surface area contributed by atoms with E-state index in [-0.39, 0.29) is 23.4 Å². The molecule has 0 N–H and O–H groups in total. The van der Waals surface area contributed by atoms with E-state index in [1.807, 2.05) is 28.0 Å². The van der Waals surface area contributed by atoms with Gasteiger partial charge < -0.3 is 19.4 Å². The minimum Gasteiger partial charge on any atom is -0.466 e. The summed E-state index contributed by atoms with van der Waals surface area (Å²) in [5, 5.41) is 12.1. The molecule has 10 nitrogen and oxygen atoms in total. The number of rotatable bonds is 6. The monoisotopic (exact) mass is 440 g/mol. The molecule has 0 aliphatic carbocycles. The second-order valence-corrected chi connectivity index (χ2v) is 7.97. The van der Waals surface area contributed by atoms with Gasteiger partial charge >= 0.3 is 11.7 Å². The highest BCUT2D eigenvalue weighted by Gasteiger charge is 2.35. The fraction of sp³-hybridized carbons (Fsp3) is 0.500. The van der Waals surface area contributed by atoms with Crippen LogP contribution in [0.5, 0.6) is 0 Å². The second kappa shape index (κ2) is 9.80. The van der Waals surface area contributed by atoms with Crippen LogP contribution in [0.4, 0.5) is 23.0 Å². The number of carbonyl (C=O) groups is 1. The molecule has 10 heteroatoms. The van der Waals surface area contributed by atoms with Gasteiger partial charge in [0.05, 0.1) is 17.4 Å². The van der Waals surface area contributed by atoms with Crippen molar-refractivity contribution in [2.75, 3.05) is 60.6 Å². The Morgan fingerprint density at radius 3 is 2.38 bits per heavy atom. The Morgan fingerprint density at radius 2 is 1.72 bits per heavy atom. The van der Waals surface area contributed by atoms with Crippen LogP contribution in [0.2, 0.25) is 0 Å². The molecule has 2 aliphatic rings. The lowest BCUT2D eigenvalue weighted by Crippen LogP contribution is -2.47. The van der Waals surface area contributed by atoms with Gasteiger partial charge in [-0.1, -0.05) is 18.2 Å². The van der Waals surface area contributed by atoms with E-state index in [1.165, 1.54) is 6.33 Å². The van der Waals surface area contributed by atoms with Crippen LogP contribution in [0, 0.1) is 16.0 Å². The van der Waals surface area contributed by atoms with Crippen LogP contribution in [0.1, 0.15) is 19.8 Å².